The van der Waals surface area contributed by atoms with Gasteiger partial charge in [0, 0.05) is 44.2 Å². The largest absolute Gasteiger partial charge is 0.423 e. The van der Waals surface area contributed by atoms with E-state index in [1.165, 1.54) is 34.1 Å². The SMILES string of the molecule is Cc1cc2oc(=O)cc(CN3CCN(S(=O)(=O)c4ccccc4F)CC3)c2cc1C(C)C. The molecule has 0 atom stereocenters. The number of rotatable bonds is 5. The number of benzene rings is 2. The second-order valence-electron chi connectivity index (χ2n) is 8.56. The highest BCUT2D eigenvalue weighted by Crippen LogP contribution is 2.28. The van der Waals surface area contributed by atoms with Crippen LogP contribution in [-0.2, 0) is 16.6 Å². The molecule has 0 bridgehead atoms. The van der Waals surface area contributed by atoms with Crippen LogP contribution in [-0.4, -0.2) is 43.8 Å². The molecule has 0 amide bonds. The molecule has 1 saturated heterocycles. The molecule has 2 aromatic carbocycles. The van der Waals surface area contributed by atoms with E-state index in [0.717, 1.165) is 22.6 Å². The molecule has 32 heavy (non-hydrogen) atoms. The second kappa shape index (κ2) is 8.77. The van der Waals surface area contributed by atoms with E-state index in [1.807, 2.05) is 13.0 Å². The Morgan fingerprint density at radius 3 is 2.41 bits per heavy atom. The maximum absolute atomic E-state index is 14.1. The van der Waals surface area contributed by atoms with E-state index in [0.29, 0.717) is 31.1 Å². The van der Waals surface area contributed by atoms with Gasteiger partial charge in [-0.05, 0) is 53.8 Å². The highest BCUT2D eigenvalue weighted by Gasteiger charge is 2.30. The van der Waals surface area contributed by atoms with Crippen LogP contribution in [0.1, 0.15) is 36.5 Å². The first kappa shape index (κ1) is 22.6. The van der Waals surface area contributed by atoms with Crippen molar-refractivity contribution in [2.45, 2.75) is 38.1 Å². The van der Waals surface area contributed by atoms with Gasteiger partial charge in [-0.1, -0.05) is 26.0 Å². The molecule has 3 aromatic rings. The standard InChI is InChI=1S/C24H27FN2O4S/c1-16(2)19-14-20-18(13-24(28)31-22(20)12-17(19)3)15-26-8-10-27(11-9-26)32(29,30)23-7-5-4-6-21(23)25/h4-7,12-14,16H,8-11,15H2,1-3H3. The Balaban J connectivity index is 1.55. The lowest BCUT2D eigenvalue weighted by atomic mass is 9.95. The fourth-order valence-corrected chi connectivity index (χ4v) is 5.79. The normalized spacial score (nSPS) is 16.2. The zero-order valence-corrected chi connectivity index (χ0v) is 19.3. The summed E-state index contributed by atoms with van der Waals surface area (Å²) in [6.45, 7) is 8.26. The van der Waals surface area contributed by atoms with E-state index < -0.39 is 21.5 Å². The summed E-state index contributed by atoms with van der Waals surface area (Å²) in [7, 11) is -3.88. The van der Waals surface area contributed by atoms with E-state index in [2.05, 4.69) is 24.8 Å². The first-order valence-electron chi connectivity index (χ1n) is 10.7. The monoisotopic (exact) mass is 458 g/mol. The fourth-order valence-electron chi connectivity index (χ4n) is 4.31. The molecule has 170 valence electrons. The van der Waals surface area contributed by atoms with Crippen molar-refractivity contribution < 1.29 is 17.2 Å². The van der Waals surface area contributed by atoms with Crippen LogP contribution in [0, 0.1) is 12.7 Å². The van der Waals surface area contributed by atoms with E-state index >= 15 is 0 Å². The number of hydrogen-bond acceptors (Lipinski definition) is 5. The predicted octanol–water partition coefficient (Wildman–Crippen LogP) is 3.87. The second-order valence-corrected chi connectivity index (χ2v) is 10.5. The van der Waals surface area contributed by atoms with Gasteiger partial charge in [0.05, 0.1) is 0 Å². The lowest BCUT2D eigenvalue weighted by Crippen LogP contribution is -2.48. The van der Waals surface area contributed by atoms with E-state index in [1.54, 1.807) is 0 Å². The van der Waals surface area contributed by atoms with Gasteiger partial charge in [0.25, 0.3) is 0 Å². The van der Waals surface area contributed by atoms with Crippen molar-refractivity contribution in [1.29, 1.82) is 0 Å². The quantitative estimate of drug-likeness (QED) is 0.543. The van der Waals surface area contributed by atoms with Crippen molar-refractivity contribution in [3.05, 3.63) is 75.4 Å². The highest BCUT2D eigenvalue weighted by molar-refractivity contribution is 7.89. The molecular formula is C24H27FN2O4S. The van der Waals surface area contributed by atoms with Crippen molar-refractivity contribution in [3.8, 4) is 0 Å². The van der Waals surface area contributed by atoms with Crippen LogP contribution in [0.15, 0.2) is 56.6 Å². The van der Waals surface area contributed by atoms with Crippen LogP contribution in [0.4, 0.5) is 4.39 Å². The minimum absolute atomic E-state index is 0.256. The lowest BCUT2D eigenvalue weighted by Gasteiger charge is -2.34. The average Bonchev–Trinajstić information content (AvgIpc) is 2.73. The number of hydrogen-bond donors (Lipinski definition) is 0. The van der Waals surface area contributed by atoms with Gasteiger partial charge in [0.1, 0.15) is 16.3 Å². The number of halogens is 1. The van der Waals surface area contributed by atoms with Crippen LogP contribution in [0.25, 0.3) is 11.0 Å². The molecule has 0 aliphatic carbocycles. The predicted molar refractivity (Wildman–Crippen MR) is 122 cm³/mol. The molecule has 0 saturated carbocycles. The fraction of sp³-hybridized carbons (Fsp3) is 0.375. The Bertz CT molecular complexity index is 1310. The zero-order chi connectivity index (χ0) is 23.0. The summed E-state index contributed by atoms with van der Waals surface area (Å²) in [5, 5.41) is 0.903. The number of nitrogens with zero attached hydrogens (tertiary/aromatic N) is 2. The summed E-state index contributed by atoms with van der Waals surface area (Å²) in [4.78, 5) is 14.0. The maximum Gasteiger partial charge on any atom is 0.336 e. The van der Waals surface area contributed by atoms with Crippen LogP contribution >= 0.6 is 0 Å². The van der Waals surface area contributed by atoms with Crippen molar-refractivity contribution in [1.82, 2.24) is 9.21 Å². The average molecular weight is 459 g/mol. The van der Waals surface area contributed by atoms with E-state index in [9.17, 15) is 17.6 Å². The third-order valence-electron chi connectivity index (χ3n) is 6.02. The Hall–Kier alpha value is -2.55. The van der Waals surface area contributed by atoms with Gasteiger partial charge in [-0.3, -0.25) is 4.90 Å². The van der Waals surface area contributed by atoms with Crippen molar-refractivity contribution in [2.75, 3.05) is 26.2 Å². The molecule has 1 aromatic heterocycles. The molecule has 1 aliphatic rings. The molecule has 1 aliphatic heterocycles. The lowest BCUT2D eigenvalue weighted by molar-refractivity contribution is 0.181. The van der Waals surface area contributed by atoms with Gasteiger partial charge in [0.2, 0.25) is 10.0 Å². The van der Waals surface area contributed by atoms with Gasteiger partial charge in [-0.15, -0.1) is 0 Å². The Morgan fingerprint density at radius 1 is 1.06 bits per heavy atom. The van der Waals surface area contributed by atoms with Crippen molar-refractivity contribution in [2.24, 2.45) is 0 Å². The Labute approximate surface area is 187 Å². The number of aryl methyl sites for hydroxylation is 1. The van der Waals surface area contributed by atoms with E-state index in [4.69, 9.17) is 4.42 Å². The molecule has 0 radical (unpaired) electrons. The molecule has 0 unspecified atom stereocenters. The topological polar surface area (TPSA) is 70.8 Å². The van der Waals surface area contributed by atoms with Gasteiger partial charge < -0.3 is 4.42 Å². The van der Waals surface area contributed by atoms with Crippen LogP contribution in [0.2, 0.25) is 0 Å². The summed E-state index contributed by atoms with van der Waals surface area (Å²) in [6, 6.07) is 11.0. The van der Waals surface area contributed by atoms with Gasteiger partial charge in [-0.25, -0.2) is 17.6 Å². The number of fused-ring (bicyclic) bond motifs is 1. The minimum Gasteiger partial charge on any atom is -0.423 e. The van der Waals surface area contributed by atoms with E-state index in [-0.39, 0.29) is 18.0 Å². The first-order valence-corrected chi connectivity index (χ1v) is 12.1. The van der Waals surface area contributed by atoms with Crippen LogP contribution in [0.3, 0.4) is 0 Å². The summed E-state index contributed by atoms with van der Waals surface area (Å²) < 4.78 is 46.5. The summed E-state index contributed by atoms with van der Waals surface area (Å²) >= 11 is 0. The zero-order valence-electron chi connectivity index (χ0n) is 18.5. The van der Waals surface area contributed by atoms with Gasteiger partial charge >= 0.3 is 5.63 Å². The number of sulfonamides is 1. The Morgan fingerprint density at radius 2 is 1.75 bits per heavy atom. The summed E-state index contributed by atoms with van der Waals surface area (Å²) in [5.74, 6) is -0.403. The number of piperazine rings is 1. The molecule has 6 nitrogen and oxygen atoms in total. The Kier molecular flexibility index (Phi) is 6.20. The molecule has 1 fully saturated rings. The molecular weight excluding hydrogens is 431 g/mol. The maximum atomic E-state index is 14.1. The summed E-state index contributed by atoms with van der Waals surface area (Å²) in [6.07, 6.45) is 0. The third-order valence-corrected chi connectivity index (χ3v) is 7.95. The highest BCUT2D eigenvalue weighted by atomic mass is 32.2. The molecule has 0 N–H and O–H groups in total. The van der Waals surface area contributed by atoms with Crippen LogP contribution < -0.4 is 5.63 Å². The molecule has 2 heterocycles. The first-order chi connectivity index (χ1) is 15.2. The van der Waals surface area contributed by atoms with Crippen molar-refractivity contribution >= 4 is 21.0 Å². The smallest absolute Gasteiger partial charge is 0.336 e. The third kappa shape index (κ3) is 4.35. The van der Waals surface area contributed by atoms with Gasteiger partial charge in [-0.2, -0.15) is 4.31 Å². The van der Waals surface area contributed by atoms with Gasteiger partial charge in [0.15, 0.2) is 0 Å². The summed E-state index contributed by atoms with van der Waals surface area (Å²) in [5.41, 5.74) is 3.32. The van der Waals surface area contributed by atoms with Crippen molar-refractivity contribution in [3.63, 3.8) is 0 Å². The molecule has 0 spiro atoms. The van der Waals surface area contributed by atoms with Crippen LogP contribution in [0.5, 0.6) is 0 Å². The minimum atomic E-state index is -3.88. The molecule has 8 heteroatoms. The molecule has 4 rings (SSSR count).